The van der Waals surface area contributed by atoms with Crippen molar-refractivity contribution < 1.29 is 4.79 Å². The van der Waals surface area contributed by atoms with Gasteiger partial charge in [-0.25, -0.2) is 0 Å². The number of nitrogen functional groups attached to an aromatic ring is 1. The smallest absolute Gasteiger partial charge is 0.260 e. The van der Waals surface area contributed by atoms with Crippen LogP contribution in [0.5, 0.6) is 0 Å². The number of aromatic nitrogens is 4. The number of carbonyl (C=O) groups excluding carboxylic acids is 1. The molecule has 0 spiro atoms. The molecule has 3 N–H and O–H groups in total. The number of nitrogens with zero attached hydrogens (tertiary/aromatic N) is 4. The standard InChI is InChI=1S/C10H14N6O/c1-6-7(4-12-15(6)2)10(17)14-9-8(11)5-13-16(9)3/h4-5H,11H2,1-3H3,(H,14,17). The average Bonchev–Trinajstić information content (AvgIpc) is 2.77. The summed E-state index contributed by atoms with van der Waals surface area (Å²) in [6, 6.07) is 0. The summed E-state index contributed by atoms with van der Waals surface area (Å²) < 4.78 is 3.15. The highest BCUT2D eigenvalue weighted by molar-refractivity contribution is 6.05. The molecule has 0 aliphatic carbocycles. The number of aryl methyl sites for hydroxylation is 2. The van der Waals surface area contributed by atoms with Gasteiger partial charge in [-0.05, 0) is 6.92 Å². The van der Waals surface area contributed by atoms with Crippen molar-refractivity contribution in [2.45, 2.75) is 6.92 Å². The molecule has 17 heavy (non-hydrogen) atoms. The van der Waals surface area contributed by atoms with Crippen LogP contribution in [-0.2, 0) is 14.1 Å². The predicted octanol–water partition coefficient (Wildman–Crippen LogP) is 0.297. The molecule has 0 aliphatic heterocycles. The topological polar surface area (TPSA) is 90.8 Å². The van der Waals surface area contributed by atoms with E-state index in [1.54, 1.807) is 18.8 Å². The van der Waals surface area contributed by atoms with Crippen LogP contribution in [0.3, 0.4) is 0 Å². The number of rotatable bonds is 2. The van der Waals surface area contributed by atoms with E-state index in [0.717, 1.165) is 5.69 Å². The van der Waals surface area contributed by atoms with Crippen molar-refractivity contribution in [1.82, 2.24) is 19.6 Å². The average molecular weight is 234 g/mol. The third-order valence-corrected chi connectivity index (χ3v) is 2.68. The fourth-order valence-corrected chi connectivity index (χ4v) is 1.50. The molecule has 2 aromatic rings. The molecule has 0 fully saturated rings. The van der Waals surface area contributed by atoms with Crippen molar-refractivity contribution in [1.29, 1.82) is 0 Å². The Morgan fingerprint density at radius 1 is 1.29 bits per heavy atom. The lowest BCUT2D eigenvalue weighted by Crippen LogP contribution is -2.16. The monoisotopic (exact) mass is 234 g/mol. The molecule has 7 heteroatoms. The lowest BCUT2D eigenvalue weighted by molar-refractivity contribution is 0.102. The van der Waals surface area contributed by atoms with E-state index in [4.69, 9.17) is 5.73 Å². The van der Waals surface area contributed by atoms with Gasteiger partial charge in [0, 0.05) is 19.8 Å². The van der Waals surface area contributed by atoms with Gasteiger partial charge in [0.1, 0.15) is 0 Å². The van der Waals surface area contributed by atoms with E-state index in [9.17, 15) is 4.79 Å². The van der Waals surface area contributed by atoms with Crippen LogP contribution >= 0.6 is 0 Å². The van der Waals surface area contributed by atoms with Crippen molar-refractivity contribution in [3.8, 4) is 0 Å². The summed E-state index contributed by atoms with van der Waals surface area (Å²) in [7, 11) is 3.49. The minimum Gasteiger partial charge on any atom is -0.394 e. The summed E-state index contributed by atoms with van der Waals surface area (Å²) >= 11 is 0. The van der Waals surface area contributed by atoms with Gasteiger partial charge >= 0.3 is 0 Å². The van der Waals surface area contributed by atoms with E-state index in [1.807, 2.05) is 6.92 Å². The lowest BCUT2D eigenvalue weighted by atomic mass is 10.2. The first kappa shape index (κ1) is 11.2. The van der Waals surface area contributed by atoms with Crippen LogP contribution in [0.15, 0.2) is 12.4 Å². The quantitative estimate of drug-likeness (QED) is 0.781. The molecule has 0 saturated carbocycles. The van der Waals surface area contributed by atoms with E-state index in [0.29, 0.717) is 17.1 Å². The van der Waals surface area contributed by atoms with Crippen molar-refractivity contribution in [2.75, 3.05) is 11.1 Å². The molecule has 0 radical (unpaired) electrons. The molecule has 0 atom stereocenters. The minimum absolute atomic E-state index is 0.245. The maximum atomic E-state index is 12.0. The summed E-state index contributed by atoms with van der Waals surface area (Å²) in [5, 5.41) is 10.7. The third kappa shape index (κ3) is 1.86. The van der Waals surface area contributed by atoms with Gasteiger partial charge in [0.2, 0.25) is 0 Å². The third-order valence-electron chi connectivity index (χ3n) is 2.68. The molecule has 2 rings (SSSR count). The number of nitrogens with one attached hydrogen (secondary N) is 1. The second-order valence-corrected chi connectivity index (χ2v) is 3.79. The van der Waals surface area contributed by atoms with Crippen molar-refractivity contribution in [3.63, 3.8) is 0 Å². The first-order valence-corrected chi connectivity index (χ1v) is 5.08. The van der Waals surface area contributed by atoms with E-state index in [-0.39, 0.29) is 5.91 Å². The predicted molar refractivity (Wildman–Crippen MR) is 63.5 cm³/mol. The Balaban J connectivity index is 2.26. The fourth-order valence-electron chi connectivity index (χ4n) is 1.50. The number of nitrogens with two attached hydrogens (primary N) is 1. The minimum atomic E-state index is -0.245. The molecule has 0 saturated heterocycles. The number of anilines is 2. The highest BCUT2D eigenvalue weighted by atomic mass is 16.1. The van der Waals surface area contributed by atoms with Gasteiger partial charge in [-0.2, -0.15) is 10.2 Å². The SMILES string of the molecule is Cc1c(C(=O)Nc2c(N)cnn2C)cnn1C. The Morgan fingerprint density at radius 2 is 1.94 bits per heavy atom. The first-order valence-electron chi connectivity index (χ1n) is 5.08. The lowest BCUT2D eigenvalue weighted by Gasteiger charge is -2.06. The Kier molecular flexibility index (Phi) is 2.58. The Labute approximate surface area is 98.2 Å². The van der Waals surface area contributed by atoms with Gasteiger partial charge in [-0.15, -0.1) is 0 Å². The van der Waals surface area contributed by atoms with Crippen molar-refractivity contribution in [2.24, 2.45) is 14.1 Å². The van der Waals surface area contributed by atoms with Crippen LogP contribution in [0, 0.1) is 6.92 Å². The maximum Gasteiger partial charge on any atom is 0.260 e. The normalized spacial score (nSPS) is 10.5. The molecular formula is C10H14N6O. The van der Waals surface area contributed by atoms with Gasteiger partial charge in [-0.3, -0.25) is 14.2 Å². The second-order valence-electron chi connectivity index (χ2n) is 3.79. The number of carbonyl (C=O) groups is 1. The molecule has 90 valence electrons. The fraction of sp³-hybridized carbons (Fsp3) is 0.300. The second kappa shape index (κ2) is 3.93. The van der Waals surface area contributed by atoms with Gasteiger partial charge in [0.25, 0.3) is 5.91 Å². The highest BCUT2D eigenvalue weighted by Gasteiger charge is 2.15. The molecule has 0 aliphatic rings. The van der Waals surface area contributed by atoms with Crippen molar-refractivity contribution >= 4 is 17.4 Å². The summed E-state index contributed by atoms with van der Waals surface area (Å²) in [4.78, 5) is 12.0. The first-order chi connectivity index (χ1) is 8.00. The van der Waals surface area contributed by atoms with Gasteiger partial charge in [-0.1, -0.05) is 0 Å². The zero-order valence-electron chi connectivity index (χ0n) is 9.93. The summed E-state index contributed by atoms with van der Waals surface area (Å²) in [6.45, 7) is 1.83. The molecule has 2 heterocycles. The molecule has 1 amide bonds. The maximum absolute atomic E-state index is 12.0. The summed E-state index contributed by atoms with van der Waals surface area (Å²) in [5.41, 5.74) is 7.44. The van der Waals surface area contributed by atoms with Crippen LogP contribution in [0.25, 0.3) is 0 Å². The highest BCUT2D eigenvalue weighted by Crippen LogP contribution is 2.17. The molecule has 0 bridgehead atoms. The van der Waals surface area contributed by atoms with Crippen LogP contribution in [0.1, 0.15) is 16.1 Å². The Morgan fingerprint density at radius 3 is 2.41 bits per heavy atom. The van der Waals surface area contributed by atoms with Gasteiger partial charge in [0.15, 0.2) is 5.82 Å². The number of hydrogen-bond donors (Lipinski definition) is 2. The molecule has 0 unspecified atom stereocenters. The van der Waals surface area contributed by atoms with Gasteiger partial charge in [0.05, 0.1) is 23.6 Å². The van der Waals surface area contributed by atoms with E-state index in [2.05, 4.69) is 15.5 Å². The van der Waals surface area contributed by atoms with Crippen LogP contribution in [0.4, 0.5) is 11.5 Å². The Bertz CT molecular complexity index is 548. The number of amides is 1. The zero-order valence-corrected chi connectivity index (χ0v) is 9.93. The van der Waals surface area contributed by atoms with Crippen LogP contribution in [0.2, 0.25) is 0 Å². The number of hydrogen-bond acceptors (Lipinski definition) is 4. The summed E-state index contributed by atoms with van der Waals surface area (Å²) in [5.74, 6) is 0.240. The van der Waals surface area contributed by atoms with E-state index >= 15 is 0 Å². The van der Waals surface area contributed by atoms with Crippen LogP contribution < -0.4 is 11.1 Å². The van der Waals surface area contributed by atoms with Crippen LogP contribution in [-0.4, -0.2) is 25.5 Å². The van der Waals surface area contributed by atoms with E-state index in [1.165, 1.54) is 17.1 Å². The molecule has 0 aromatic carbocycles. The largest absolute Gasteiger partial charge is 0.394 e. The Hall–Kier alpha value is -2.31. The van der Waals surface area contributed by atoms with Crippen molar-refractivity contribution in [3.05, 3.63) is 23.7 Å². The zero-order chi connectivity index (χ0) is 12.6. The van der Waals surface area contributed by atoms with E-state index < -0.39 is 0 Å². The molecule has 2 aromatic heterocycles. The van der Waals surface area contributed by atoms with Gasteiger partial charge < -0.3 is 11.1 Å². The molecule has 7 nitrogen and oxygen atoms in total. The summed E-state index contributed by atoms with van der Waals surface area (Å²) in [6.07, 6.45) is 3.02. The molecular weight excluding hydrogens is 220 g/mol.